The summed E-state index contributed by atoms with van der Waals surface area (Å²) in [7, 11) is 0. The minimum atomic E-state index is -0.513. The average Bonchev–Trinajstić information content (AvgIpc) is 3.18. The topological polar surface area (TPSA) is 128 Å². The van der Waals surface area contributed by atoms with Crippen molar-refractivity contribution in [2.75, 3.05) is 13.2 Å². The highest BCUT2D eigenvalue weighted by atomic mass is 16.6. The molecule has 3 aromatic rings. The number of H-pyrrole nitrogens is 1. The van der Waals surface area contributed by atoms with Gasteiger partial charge in [0, 0.05) is 19.2 Å². The van der Waals surface area contributed by atoms with E-state index in [4.69, 9.17) is 9.47 Å². The Hall–Kier alpha value is -3.56. The first-order chi connectivity index (χ1) is 14.9. The number of fused-ring (bicyclic) bond motifs is 1. The van der Waals surface area contributed by atoms with Crippen LogP contribution in [0.1, 0.15) is 33.6 Å². The normalized spacial score (nSPS) is 11.1. The van der Waals surface area contributed by atoms with Crippen molar-refractivity contribution in [3.05, 3.63) is 39.0 Å². The molecule has 1 aromatic carbocycles. The van der Waals surface area contributed by atoms with Crippen LogP contribution in [-0.2, 0) is 22.6 Å². The van der Waals surface area contributed by atoms with Crippen molar-refractivity contribution in [2.24, 2.45) is 0 Å². The maximum Gasteiger partial charge on any atom is 0.344 e. The standard InChI is InChI=1S/C21H26N4O6/c1-4-9-24-19-17(20(28)25(10-5-2)21(24)29)22-18(23-19)14-8-7-13(11-15(14)26)31-12-16(27)30-6-3/h7-8,11,26H,4-6,9-10,12H2,1-3H3,(H,22,23). The van der Waals surface area contributed by atoms with Crippen LogP contribution in [0.3, 0.4) is 0 Å². The molecule has 2 N–H and O–H groups in total. The first-order valence-electron chi connectivity index (χ1n) is 10.3. The number of carbonyl (C=O) groups is 1. The van der Waals surface area contributed by atoms with E-state index in [-0.39, 0.29) is 41.7 Å². The van der Waals surface area contributed by atoms with Crippen LogP contribution < -0.4 is 16.0 Å². The Morgan fingerprint density at radius 3 is 2.48 bits per heavy atom. The number of aryl methyl sites for hydroxylation is 1. The number of carbonyl (C=O) groups excluding carboxylic acids is 1. The second kappa shape index (κ2) is 9.50. The highest BCUT2D eigenvalue weighted by Crippen LogP contribution is 2.31. The van der Waals surface area contributed by atoms with Crippen molar-refractivity contribution in [1.29, 1.82) is 0 Å². The lowest BCUT2D eigenvalue weighted by Gasteiger charge is -2.09. The number of phenolic OH excluding ortho intramolecular Hbond substituents is 1. The van der Waals surface area contributed by atoms with Crippen LogP contribution in [0.5, 0.6) is 11.5 Å². The third-order valence-electron chi connectivity index (χ3n) is 4.64. The van der Waals surface area contributed by atoms with Gasteiger partial charge >= 0.3 is 11.7 Å². The Kier molecular flexibility index (Phi) is 6.78. The predicted octanol–water partition coefficient (Wildman–Crippen LogP) is 2.02. The fourth-order valence-corrected chi connectivity index (χ4v) is 3.29. The van der Waals surface area contributed by atoms with Crippen LogP contribution in [0.2, 0.25) is 0 Å². The molecule has 166 valence electrons. The van der Waals surface area contributed by atoms with Gasteiger partial charge in [0.05, 0.1) is 12.2 Å². The first kappa shape index (κ1) is 22.1. The third kappa shape index (κ3) is 4.47. The highest BCUT2D eigenvalue weighted by molar-refractivity contribution is 5.77. The van der Waals surface area contributed by atoms with Crippen molar-refractivity contribution in [1.82, 2.24) is 19.1 Å². The number of phenols is 1. The van der Waals surface area contributed by atoms with E-state index in [1.165, 1.54) is 15.2 Å². The Morgan fingerprint density at radius 1 is 1.13 bits per heavy atom. The van der Waals surface area contributed by atoms with Crippen molar-refractivity contribution < 1.29 is 19.4 Å². The summed E-state index contributed by atoms with van der Waals surface area (Å²) in [5.41, 5.74) is -0.0515. The molecule has 0 fully saturated rings. The number of hydrogen-bond acceptors (Lipinski definition) is 7. The summed E-state index contributed by atoms with van der Waals surface area (Å²) in [6.45, 7) is 6.21. The van der Waals surface area contributed by atoms with Crippen molar-refractivity contribution >= 4 is 17.1 Å². The summed E-state index contributed by atoms with van der Waals surface area (Å²) in [6.07, 6.45) is 1.33. The van der Waals surface area contributed by atoms with Crippen LogP contribution in [-0.4, -0.2) is 43.4 Å². The van der Waals surface area contributed by atoms with Gasteiger partial charge in [0.2, 0.25) is 0 Å². The van der Waals surface area contributed by atoms with Gasteiger partial charge in [0.25, 0.3) is 5.56 Å². The van der Waals surface area contributed by atoms with Crippen LogP contribution in [0, 0.1) is 0 Å². The van der Waals surface area contributed by atoms with Gasteiger partial charge < -0.3 is 19.6 Å². The Morgan fingerprint density at radius 2 is 1.84 bits per heavy atom. The second-order valence-electron chi connectivity index (χ2n) is 6.95. The van der Waals surface area contributed by atoms with Gasteiger partial charge in [0.15, 0.2) is 12.3 Å². The smallest absolute Gasteiger partial charge is 0.344 e. The van der Waals surface area contributed by atoms with Crippen molar-refractivity contribution in [3.63, 3.8) is 0 Å². The van der Waals surface area contributed by atoms with E-state index in [9.17, 15) is 19.5 Å². The zero-order valence-electron chi connectivity index (χ0n) is 17.8. The molecule has 2 aromatic heterocycles. The number of aromatic hydroxyl groups is 1. The largest absolute Gasteiger partial charge is 0.507 e. The van der Waals surface area contributed by atoms with E-state index >= 15 is 0 Å². The maximum absolute atomic E-state index is 12.8. The fraction of sp³-hybridized carbons (Fsp3) is 0.429. The Labute approximate surface area is 178 Å². The summed E-state index contributed by atoms with van der Waals surface area (Å²) in [5, 5.41) is 10.5. The molecular formula is C21H26N4O6. The van der Waals surface area contributed by atoms with Gasteiger partial charge in [0.1, 0.15) is 22.8 Å². The van der Waals surface area contributed by atoms with E-state index in [0.717, 1.165) is 0 Å². The molecule has 0 radical (unpaired) electrons. The molecule has 0 aliphatic rings. The molecule has 0 unspecified atom stereocenters. The predicted molar refractivity (Wildman–Crippen MR) is 114 cm³/mol. The van der Waals surface area contributed by atoms with Gasteiger partial charge in [-0.3, -0.25) is 13.9 Å². The number of nitrogens with zero attached hydrogens (tertiary/aromatic N) is 3. The lowest BCUT2D eigenvalue weighted by Crippen LogP contribution is -2.40. The summed E-state index contributed by atoms with van der Waals surface area (Å²) in [4.78, 5) is 44.4. The first-order valence-corrected chi connectivity index (χ1v) is 10.3. The molecule has 10 nitrogen and oxygen atoms in total. The van der Waals surface area contributed by atoms with E-state index in [1.807, 2.05) is 13.8 Å². The number of aromatic nitrogens is 4. The number of aromatic amines is 1. The summed E-state index contributed by atoms with van der Waals surface area (Å²) < 4.78 is 12.8. The number of hydrogen-bond donors (Lipinski definition) is 2. The number of esters is 1. The van der Waals surface area contributed by atoms with E-state index in [0.29, 0.717) is 31.5 Å². The van der Waals surface area contributed by atoms with Gasteiger partial charge in [-0.15, -0.1) is 0 Å². The number of nitrogens with one attached hydrogen (secondary N) is 1. The number of ether oxygens (including phenoxy) is 2. The molecule has 0 bridgehead atoms. The Bertz CT molecular complexity index is 1210. The molecule has 0 aliphatic heterocycles. The number of imidazole rings is 1. The SMILES string of the molecule is CCCn1c(=O)c2[nH]c(-c3ccc(OCC(=O)OCC)cc3O)nc2n(CCC)c1=O. The van der Waals surface area contributed by atoms with Gasteiger partial charge in [-0.05, 0) is 31.9 Å². The van der Waals surface area contributed by atoms with Crippen molar-refractivity contribution in [2.45, 2.75) is 46.7 Å². The summed E-state index contributed by atoms with van der Waals surface area (Å²) in [6, 6.07) is 4.46. The van der Waals surface area contributed by atoms with Crippen LogP contribution in [0.4, 0.5) is 0 Å². The molecule has 0 saturated heterocycles. The fourth-order valence-electron chi connectivity index (χ4n) is 3.29. The van der Waals surface area contributed by atoms with Gasteiger partial charge in [-0.2, -0.15) is 0 Å². The van der Waals surface area contributed by atoms with Crippen LogP contribution in [0.15, 0.2) is 27.8 Å². The highest BCUT2D eigenvalue weighted by Gasteiger charge is 2.19. The average molecular weight is 430 g/mol. The molecule has 10 heteroatoms. The molecule has 31 heavy (non-hydrogen) atoms. The molecular weight excluding hydrogens is 404 g/mol. The van der Waals surface area contributed by atoms with Crippen LogP contribution >= 0.6 is 0 Å². The van der Waals surface area contributed by atoms with Gasteiger partial charge in [-0.25, -0.2) is 14.6 Å². The zero-order valence-corrected chi connectivity index (χ0v) is 17.8. The Balaban J connectivity index is 2.02. The molecule has 0 amide bonds. The number of benzene rings is 1. The monoisotopic (exact) mass is 430 g/mol. The quantitative estimate of drug-likeness (QED) is 0.497. The zero-order chi connectivity index (χ0) is 22.5. The van der Waals surface area contributed by atoms with Crippen molar-refractivity contribution in [3.8, 4) is 22.9 Å². The third-order valence-corrected chi connectivity index (χ3v) is 4.64. The number of rotatable bonds is 9. The lowest BCUT2D eigenvalue weighted by atomic mass is 10.2. The maximum atomic E-state index is 12.8. The molecule has 0 aliphatic carbocycles. The minimum Gasteiger partial charge on any atom is -0.507 e. The summed E-state index contributed by atoms with van der Waals surface area (Å²) in [5.74, 6) is -0.141. The molecule has 3 rings (SSSR count). The van der Waals surface area contributed by atoms with E-state index < -0.39 is 17.2 Å². The minimum absolute atomic E-state index is 0.154. The van der Waals surface area contributed by atoms with Gasteiger partial charge in [-0.1, -0.05) is 13.8 Å². The summed E-state index contributed by atoms with van der Waals surface area (Å²) >= 11 is 0. The van der Waals surface area contributed by atoms with E-state index in [2.05, 4.69) is 9.97 Å². The lowest BCUT2D eigenvalue weighted by molar-refractivity contribution is -0.145. The van der Waals surface area contributed by atoms with E-state index in [1.54, 1.807) is 19.1 Å². The molecule has 0 saturated carbocycles. The molecule has 0 atom stereocenters. The molecule has 0 spiro atoms. The molecule has 2 heterocycles. The second-order valence-corrected chi connectivity index (χ2v) is 6.95. The van der Waals surface area contributed by atoms with Crippen LogP contribution in [0.25, 0.3) is 22.6 Å².